The second-order valence-electron chi connectivity index (χ2n) is 4.50. The Morgan fingerprint density at radius 3 is 2.67 bits per heavy atom. The molecule has 1 heterocycles. The molecule has 0 amide bonds. The van der Waals surface area contributed by atoms with Gasteiger partial charge in [0.25, 0.3) is 0 Å². The monoisotopic (exact) mass is 316 g/mol. The third-order valence-corrected chi connectivity index (χ3v) is 4.59. The zero-order valence-corrected chi connectivity index (χ0v) is 12.7. The van der Waals surface area contributed by atoms with Crippen molar-refractivity contribution in [2.24, 2.45) is 0 Å². The van der Waals surface area contributed by atoms with Gasteiger partial charge in [0.2, 0.25) is 0 Å². The third kappa shape index (κ3) is 3.23. The second kappa shape index (κ2) is 6.24. The van der Waals surface area contributed by atoms with Crippen LogP contribution in [0.2, 0.25) is 5.02 Å². The number of thioether (sulfide) groups is 1. The molecule has 5 heteroatoms. The highest BCUT2D eigenvalue weighted by Crippen LogP contribution is 2.34. The van der Waals surface area contributed by atoms with Gasteiger partial charge in [0.1, 0.15) is 0 Å². The number of hydrogen-bond donors (Lipinski definition) is 1. The third-order valence-electron chi connectivity index (χ3n) is 2.98. The molecule has 0 aliphatic carbocycles. The van der Waals surface area contributed by atoms with Gasteiger partial charge in [-0.25, -0.2) is 0 Å². The minimum atomic E-state index is 0.657. The molecule has 0 aliphatic rings. The van der Waals surface area contributed by atoms with Gasteiger partial charge in [-0.3, -0.25) is 0 Å². The standard InChI is InChI=1S/C16H13ClN2OS/c17-13-7-4-8-14(18)16(13)21-10-12-9-15(20-19-12)11-5-2-1-3-6-11/h1-9H,10,18H2. The Labute approximate surface area is 132 Å². The van der Waals surface area contributed by atoms with Gasteiger partial charge in [-0.05, 0) is 12.1 Å². The van der Waals surface area contributed by atoms with E-state index in [1.54, 1.807) is 11.8 Å². The molecule has 2 N–H and O–H groups in total. The molecule has 0 saturated carbocycles. The summed E-state index contributed by atoms with van der Waals surface area (Å²) in [4.78, 5) is 0.878. The Morgan fingerprint density at radius 2 is 1.90 bits per heavy atom. The van der Waals surface area contributed by atoms with E-state index in [9.17, 15) is 0 Å². The maximum atomic E-state index is 6.15. The highest BCUT2D eigenvalue weighted by atomic mass is 35.5. The van der Waals surface area contributed by atoms with Crippen LogP contribution >= 0.6 is 23.4 Å². The van der Waals surface area contributed by atoms with Crippen molar-refractivity contribution in [3.05, 3.63) is 65.3 Å². The Hall–Kier alpha value is -1.91. The average Bonchev–Trinajstić information content (AvgIpc) is 2.97. The fourth-order valence-electron chi connectivity index (χ4n) is 1.94. The average molecular weight is 317 g/mol. The van der Waals surface area contributed by atoms with Crippen molar-refractivity contribution in [3.63, 3.8) is 0 Å². The van der Waals surface area contributed by atoms with Crippen LogP contribution in [-0.4, -0.2) is 5.16 Å². The van der Waals surface area contributed by atoms with Gasteiger partial charge in [-0.1, -0.05) is 53.2 Å². The van der Waals surface area contributed by atoms with E-state index in [1.165, 1.54) is 0 Å². The minimum absolute atomic E-state index is 0.657. The van der Waals surface area contributed by atoms with Crippen molar-refractivity contribution in [2.45, 2.75) is 10.6 Å². The summed E-state index contributed by atoms with van der Waals surface area (Å²) >= 11 is 7.71. The van der Waals surface area contributed by atoms with Crippen molar-refractivity contribution in [1.82, 2.24) is 5.16 Å². The van der Waals surface area contributed by atoms with Crippen molar-refractivity contribution in [1.29, 1.82) is 0 Å². The molecule has 0 atom stereocenters. The van der Waals surface area contributed by atoms with Crippen LogP contribution in [0.15, 0.2) is 64.0 Å². The van der Waals surface area contributed by atoms with Crippen LogP contribution in [0, 0.1) is 0 Å². The molecule has 0 radical (unpaired) electrons. The van der Waals surface area contributed by atoms with Crippen LogP contribution in [0.4, 0.5) is 5.69 Å². The van der Waals surface area contributed by atoms with Gasteiger partial charge in [0.15, 0.2) is 5.76 Å². The Bertz CT molecular complexity index is 723. The van der Waals surface area contributed by atoms with Crippen molar-refractivity contribution in [2.75, 3.05) is 5.73 Å². The summed E-state index contributed by atoms with van der Waals surface area (Å²) < 4.78 is 5.37. The maximum Gasteiger partial charge on any atom is 0.167 e. The van der Waals surface area contributed by atoms with Gasteiger partial charge in [0.05, 0.1) is 10.7 Å². The van der Waals surface area contributed by atoms with Crippen LogP contribution in [0.3, 0.4) is 0 Å². The van der Waals surface area contributed by atoms with E-state index in [1.807, 2.05) is 54.6 Å². The number of nitrogen functional groups attached to an aromatic ring is 1. The first-order chi connectivity index (χ1) is 10.2. The van der Waals surface area contributed by atoms with E-state index in [0.29, 0.717) is 16.5 Å². The number of anilines is 1. The molecule has 3 aromatic rings. The summed E-state index contributed by atoms with van der Waals surface area (Å²) in [5.74, 6) is 1.42. The van der Waals surface area contributed by atoms with Gasteiger partial charge in [-0.15, -0.1) is 11.8 Å². The molecule has 0 aliphatic heterocycles. The van der Waals surface area contributed by atoms with E-state index in [4.69, 9.17) is 21.9 Å². The van der Waals surface area contributed by atoms with Crippen LogP contribution in [0.5, 0.6) is 0 Å². The topological polar surface area (TPSA) is 52.0 Å². The fraction of sp³-hybridized carbons (Fsp3) is 0.0625. The van der Waals surface area contributed by atoms with Gasteiger partial charge >= 0.3 is 0 Å². The number of nitrogens with zero attached hydrogens (tertiary/aromatic N) is 1. The lowest BCUT2D eigenvalue weighted by Crippen LogP contribution is -1.89. The van der Waals surface area contributed by atoms with E-state index in [2.05, 4.69) is 5.16 Å². The quantitative estimate of drug-likeness (QED) is 0.551. The van der Waals surface area contributed by atoms with Crippen molar-refractivity contribution >= 4 is 29.1 Å². The molecule has 106 valence electrons. The van der Waals surface area contributed by atoms with Gasteiger partial charge in [-0.2, -0.15) is 0 Å². The fourth-order valence-corrected chi connectivity index (χ4v) is 3.16. The highest BCUT2D eigenvalue weighted by Gasteiger charge is 2.09. The first kappa shape index (κ1) is 14.0. The maximum absolute atomic E-state index is 6.15. The Morgan fingerprint density at radius 1 is 1.10 bits per heavy atom. The molecule has 3 nitrogen and oxygen atoms in total. The molecular weight excluding hydrogens is 304 g/mol. The zero-order valence-electron chi connectivity index (χ0n) is 11.1. The number of benzene rings is 2. The Kier molecular flexibility index (Phi) is 4.18. The van der Waals surface area contributed by atoms with E-state index in [0.717, 1.165) is 21.9 Å². The highest BCUT2D eigenvalue weighted by molar-refractivity contribution is 7.98. The summed E-state index contributed by atoms with van der Waals surface area (Å²) in [7, 11) is 0. The lowest BCUT2D eigenvalue weighted by Gasteiger charge is -2.05. The summed E-state index contributed by atoms with van der Waals surface area (Å²) in [6, 6.07) is 17.3. The predicted molar refractivity (Wildman–Crippen MR) is 87.4 cm³/mol. The summed E-state index contributed by atoms with van der Waals surface area (Å²) in [6.45, 7) is 0. The van der Waals surface area contributed by atoms with Gasteiger partial charge < -0.3 is 10.3 Å². The predicted octanol–water partition coefficient (Wildman–Crippen LogP) is 4.87. The molecule has 0 spiro atoms. The molecule has 21 heavy (non-hydrogen) atoms. The first-order valence-electron chi connectivity index (χ1n) is 6.42. The van der Waals surface area contributed by atoms with Crippen LogP contribution < -0.4 is 5.73 Å². The largest absolute Gasteiger partial charge is 0.398 e. The van der Waals surface area contributed by atoms with Crippen LogP contribution in [0.1, 0.15) is 5.69 Å². The van der Waals surface area contributed by atoms with E-state index >= 15 is 0 Å². The molecule has 0 bridgehead atoms. The molecule has 0 unspecified atom stereocenters. The Balaban J connectivity index is 1.74. The van der Waals surface area contributed by atoms with Gasteiger partial charge in [0, 0.05) is 28.0 Å². The summed E-state index contributed by atoms with van der Waals surface area (Å²) in [5, 5.41) is 4.75. The van der Waals surface area contributed by atoms with Crippen molar-refractivity contribution < 1.29 is 4.52 Å². The lowest BCUT2D eigenvalue weighted by atomic mass is 10.2. The SMILES string of the molecule is Nc1cccc(Cl)c1SCc1cc(-c2ccccc2)on1. The second-order valence-corrected chi connectivity index (χ2v) is 5.89. The number of halogens is 1. The first-order valence-corrected chi connectivity index (χ1v) is 7.78. The normalized spacial score (nSPS) is 10.7. The van der Waals surface area contributed by atoms with Crippen LogP contribution in [-0.2, 0) is 5.75 Å². The zero-order chi connectivity index (χ0) is 14.7. The van der Waals surface area contributed by atoms with Crippen molar-refractivity contribution in [3.8, 4) is 11.3 Å². The molecule has 0 fully saturated rings. The lowest BCUT2D eigenvalue weighted by molar-refractivity contribution is 0.426. The number of rotatable bonds is 4. The molecular formula is C16H13ClN2OS. The number of nitrogens with two attached hydrogens (primary N) is 1. The smallest absolute Gasteiger partial charge is 0.167 e. The van der Waals surface area contributed by atoms with E-state index < -0.39 is 0 Å². The van der Waals surface area contributed by atoms with E-state index in [-0.39, 0.29) is 0 Å². The summed E-state index contributed by atoms with van der Waals surface area (Å²) in [5.41, 5.74) is 8.48. The number of aromatic nitrogens is 1. The molecule has 2 aromatic carbocycles. The summed E-state index contributed by atoms with van der Waals surface area (Å²) in [6.07, 6.45) is 0. The molecule has 1 aromatic heterocycles. The molecule has 0 saturated heterocycles. The minimum Gasteiger partial charge on any atom is -0.398 e. The molecule has 3 rings (SSSR count). The number of hydrogen-bond acceptors (Lipinski definition) is 4. The van der Waals surface area contributed by atoms with Crippen LogP contribution in [0.25, 0.3) is 11.3 Å².